The second-order valence-corrected chi connectivity index (χ2v) is 5.97. The maximum absolute atomic E-state index is 4.14. The summed E-state index contributed by atoms with van der Waals surface area (Å²) >= 11 is 4.95. The molecule has 1 saturated carbocycles. The Labute approximate surface area is 96.7 Å². The molecule has 2 rings (SSSR count). The summed E-state index contributed by atoms with van der Waals surface area (Å²) in [7, 11) is 2.13. The average Bonchev–Trinajstić information content (AvgIpc) is 2.65. The van der Waals surface area contributed by atoms with E-state index in [1.807, 2.05) is 0 Å². The van der Waals surface area contributed by atoms with E-state index in [2.05, 4.69) is 38.1 Å². The molecule has 0 atom stereocenters. The van der Waals surface area contributed by atoms with E-state index in [4.69, 9.17) is 0 Å². The molecule has 1 heterocycles. The minimum absolute atomic E-state index is 0.670. The molecule has 0 amide bonds. The Morgan fingerprint density at radius 3 is 2.57 bits per heavy atom. The third kappa shape index (κ3) is 2.25. The van der Waals surface area contributed by atoms with E-state index in [0.717, 1.165) is 9.05 Å². The molecule has 14 heavy (non-hydrogen) atoms. The van der Waals surface area contributed by atoms with Crippen molar-refractivity contribution in [1.29, 1.82) is 0 Å². The number of halogens is 1. The number of rotatable bonds is 2. The van der Waals surface area contributed by atoms with Crippen LogP contribution in [-0.4, -0.2) is 23.3 Å². The summed E-state index contributed by atoms with van der Waals surface area (Å²) in [5, 5.41) is 9.15. The topological polar surface area (TPSA) is 29.0 Å². The van der Waals surface area contributed by atoms with E-state index in [-0.39, 0.29) is 0 Å². The van der Waals surface area contributed by atoms with Gasteiger partial charge in [0.25, 0.3) is 0 Å². The fourth-order valence-electron chi connectivity index (χ4n) is 1.97. The Balaban J connectivity index is 2.03. The van der Waals surface area contributed by atoms with Gasteiger partial charge >= 0.3 is 0 Å². The van der Waals surface area contributed by atoms with Crippen molar-refractivity contribution in [2.45, 2.75) is 38.1 Å². The molecule has 0 bridgehead atoms. The Hall–Kier alpha value is -0.160. The summed E-state index contributed by atoms with van der Waals surface area (Å²) in [6, 6.07) is 0.670. The molecule has 1 aliphatic carbocycles. The molecular formula is C9H14BrN3S. The van der Waals surface area contributed by atoms with Gasteiger partial charge in [-0.25, -0.2) is 0 Å². The van der Waals surface area contributed by atoms with Crippen LogP contribution in [-0.2, 0) is 0 Å². The summed E-state index contributed by atoms with van der Waals surface area (Å²) in [5.41, 5.74) is 0. The van der Waals surface area contributed by atoms with Crippen LogP contribution in [0.3, 0.4) is 0 Å². The third-order valence-electron chi connectivity index (χ3n) is 2.81. The van der Waals surface area contributed by atoms with Gasteiger partial charge in [0.2, 0.25) is 5.13 Å². The lowest BCUT2D eigenvalue weighted by Crippen LogP contribution is -2.33. The predicted octanol–water partition coefficient (Wildman–Crippen LogP) is 3.07. The quantitative estimate of drug-likeness (QED) is 0.831. The van der Waals surface area contributed by atoms with Crippen molar-refractivity contribution >= 4 is 32.4 Å². The molecule has 0 N–H and O–H groups in total. The molecule has 1 aromatic heterocycles. The number of hydrogen-bond acceptors (Lipinski definition) is 4. The Morgan fingerprint density at radius 2 is 2.00 bits per heavy atom. The van der Waals surface area contributed by atoms with E-state index in [9.17, 15) is 0 Å². The highest BCUT2D eigenvalue weighted by atomic mass is 79.9. The van der Waals surface area contributed by atoms with Gasteiger partial charge in [0.15, 0.2) is 3.92 Å². The van der Waals surface area contributed by atoms with Gasteiger partial charge < -0.3 is 4.90 Å². The van der Waals surface area contributed by atoms with E-state index in [0.29, 0.717) is 6.04 Å². The Bertz CT molecular complexity index is 296. The SMILES string of the molecule is CN(c1nnc(Br)s1)C1CCCCC1. The fraction of sp³-hybridized carbons (Fsp3) is 0.778. The first kappa shape index (κ1) is 10.4. The summed E-state index contributed by atoms with van der Waals surface area (Å²) in [6.45, 7) is 0. The maximum atomic E-state index is 4.14. The van der Waals surface area contributed by atoms with E-state index in [1.54, 1.807) is 11.3 Å². The van der Waals surface area contributed by atoms with Gasteiger partial charge in [0.1, 0.15) is 0 Å². The van der Waals surface area contributed by atoms with Crippen LogP contribution in [0.5, 0.6) is 0 Å². The van der Waals surface area contributed by atoms with Crippen molar-refractivity contribution in [2.24, 2.45) is 0 Å². The predicted molar refractivity (Wildman–Crippen MR) is 62.9 cm³/mol. The lowest BCUT2D eigenvalue weighted by Gasteiger charge is -2.30. The van der Waals surface area contributed by atoms with Crippen LogP contribution in [0.2, 0.25) is 0 Å². The van der Waals surface area contributed by atoms with Crippen molar-refractivity contribution in [2.75, 3.05) is 11.9 Å². The zero-order valence-electron chi connectivity index (χ0n) is 8.24. The normalized spacial score (nSPS) is 18.4. The van der Waals surface area contributed by atoms with E-state index in [1.165, 1.54) is 32.1 Å². The van der Waals surface area contributed by atoms with Crippen LogP contribution in [0.4, 0.5) is 5.13 Å². The first-order chi connectivity index (χ1) is 6.77. The van der Waals surface area contributed by atoms with E-state index < -0.39 is 0 Å². The fourth-order valence-corrected chi connectivity index (χ4v) is 3.09. The second-order valence-electron chi connectivity index (χ2n) is 3.74. The van der Waals surface area contributed by atoms with Crippen LogP contribution in [0.1, 0.15) is 32.1 Å². The van der Waals surface area contributed by atoms with Crippen molar-refractivity contribution < 1.29 is 0 Å². The number of aromatic nitrogens is 2. The Kier molecular flexibility index (Phi) is 3.38. The van der Waals surface area contributed by atoms with Gasteiger partial charge in [-0.1, -0.05) is 30.6 Å². The highest BCUT2D eigenvalue weighted by Crippen LogP contribution is 2.29. The van der Waals surface area contributed by atoms with Gasteiger partial charge in [0.05, 0.1) is 0 Å². The largest absolute Gasteiger partial charge is 0.347 e. The minimum Gasteiger partial charge on any atom is -0.347 e. The first-order valence-electron chi connectivity index (χ1n) is 4.99. The van der Waals surface area contributed by atoms with Crippen LogP contribution in [0, 0.1) is 0 Å². The van der Waals surface area contributed by atoms with Crippen LogP contribution in [0.25, 0.3) is 0 Å². The van der Waals surface area contributed by atoms with Crippen LogP contribution in [0.15, 0.2) is 3.92 Å². The van der Waals surface area contributed by atoms with Crippen molar-refractivity contribution in [3.05, 3.63) is 3.92 Å². The van der Waals surface area contributed by atoms with Crippen LogP contribution >= 0.6 is 27.3 Å². The maximum Gasteiger partial charge on any atom is 0.209 e. The van der Waals surface area contributed by atoms with Crippen molar-refractivity contribution in [3.8, 4) is 0 Å². The van der Waals surface area contributed by atoms with Crippen LogP contribution < -0.4 is 4.90 Å². The lowest BCUT2D eigenvalue weighted by atomic mass is 9.95. The highest BCUT2D eigenvalue weighted by molar-refractivity contribution is 9.11. The zero-order valence-corrected chi connectivity index (χ0v) is 10.6. The van der Waals surface area contributed by atoms with Gasteiger partial charge in [-0.2, -0.15) is 0 Å². The molecule has 3 nitrogen and oxygen atoms in total. The molecule has 0 radical (unpaired) electrons. The highest BCUT2D eigenvalue weighted by Gasteiger charge is 2.20. The molecule has 1 aliphatic rings. The number of hydrogen-bond donors (Lipinski definition) is 0. The summed E-state index contributed by atoms with van der Waals surface area (Å²) in [6.07, 6.45) is 6.70. The average molecular weight is 276 g/mol. The summed E-state index contributed by atoms with van der Waals surface area (Å²) < 4.78 is 0.871. The monoisotopic (exact) mass is 275 g/mol. The standard InChI is InChI=1S/C9H14BrN3S/c1-13(7-5-3-2-4-6-7)9-12-11-8(10)14-9/h7H,2-6H2,1H3. The summed E-state index contributed by atoms with van der Waals surface area (Å²) in [5.74, 6) is 0. The van der Waals surface area contributed by atoms with Gasteiger partial charge in [-0.3, -0.25) is 0 Å². The van der Waals surface area contributed by atoms with Gasteiger partial charge in [-0.05, 0) is 28.8 Å². The second kappa shape index (κ2) is 4.57. The molecular weight excluding hydrogens is 262 g/mol. The third-order valence-corrected chi connectivity index (χ3v) is 4.26. The number of anilines is 1. The van der Waals surface area contributed by atoms with Crippen molar-refractivity contribution in [3.63, 3.8) is 0 Å². The molecule has 0 aromatic carbocycles. The zero-order chi connectivity index (χ0) is 9.97. The lowest BCUT2D eigenvalue weighted by molar-refractivity contribution is 0.427. The molecule has 78 valence electrons. The molecule has 1 fully saturated rings. The first-order valence-corrected chi connectivity index (χ1v) is 6.60. The minimum atomic E-state index is 0.670. The van der Waals surface area contributed by atoms with Crippen molar-refractivity contribution in [1.82, 2.24) is 10.2 Å². The Morgan fingerprint density at radius 1 is 1.29 bits per heavy atom. The molecule has 0 aliphatic heterocycles. The van der Waals surface area contributed by atoms with E-state index >= 15 is 0 Å². The van der Waals surface area contributed by atoms with Gasteiger partial charge in [-0.15, -0.1) is 10.2 Å². The molecule has 0 unspecified atom stereocenters. The molecule has 0 spiro atoms. The molecule has 0 saturated heterocycles. The number of nitrogens with zero attached hydrogens (tertiary/aromatic N) is 3. The summed E-state index contributed by atoms with van der Waals surface area (Å²) in [4.78, 5) is 2.28. The smallest absolute Gasteiger partial charge is 0.209 e. The van der Waals surface area contributed by atoms with Gasteiger partial charge in [0, 0.05) is 13.1 Å². The molecule has 1 aromatic rings. The molecule has 5 heteroatoms.